The van der Waals surface area contributed by atoms with Crippen LogP contribution in [0.15, 0.2) is 18.2 Å². The molecule has 2 aliphatic heterocycles. The van der Waals surface area contributed by atoms with Crippen LogP contribution in [-0.4, -0.2) is 38.4 Å². The molecule has 0 radical (unpaired) electrons. The molecular formula is C14H20N2O2. The minimum absolute atomic E-state index is 0.340. The van der Waals surface area contributed by atoms with E-state index in [0.29, 0.717) is 18.6 Å². The van der Waals surface area contributed by atoms with Gasteiger partial charge >= 0.3 is 0 Å². The van der Waals surface area contributed by atoms with Crippen molar-refractivity contribution in [2.45, 2.75) is 12.3 Å². The molecule has 18 heavy (non-hydrogen) atoms. The molecule has 0 aromatic heterocycles. The molecule has 0 aliphatic carbocycles. The van der Waals surface area contributed by atoms with Crippen molar-refractivity contribution in [3.63, 3.8) is 0 Å². The Bertz CT molecular complexity index is 436. The first-order valence-corrected chi connectivity index (χ1v) is 6.56. The zero-order chi connectivity index (χ0) is 12.5. The molecule has 0 saturated carbocycles. The number of hydrogen-bond donors (Lipinski definition) is 1. The lowest BCUT2D eigenvalue weighted by Gasteiger charge is -2.36. The highest BCUT2D eigenvalue weighted by Crippen LogP contribution is 2.43. The molecule has 0 amide bonds. The van der Waals surface area contributed by atoms with Crippen LogP contribution in [0.3, 0.4) is 0 Å². The van der Waals surface area contributed by atoms with Gasteiger partial charge in [-0.1, -0.05) is 12.1 Å². The summed E-state index contributed by atoms with van der Waals surface area (Å²) in [6, 6.07) is 6.18. The highest BCUT2D eigenvalue weighted by Gasteiger charge is 2.32. The number of fused-ring (bicyclic) bond motifs is 1. The SMILES string of the molecule is CN1CCC(c2cccc3c2OCO3)C(CN)C1. The van der Waals surface area contributed by atoms with E-state index in [9.17, 15) is 0 Å². The first-order chi connectivity index (χ1) is 8.79. The third-order valence-corrected chi connectivity index (χ3v) is 4.07. The fraction of sp³-hybridized carbons (Fsp3) is 0.571. The third-order valence-electron chi connectivity index (χ3n) is 4.07. The second kappa shape index (κ2) is 4.78. The van der Waals surface area contributed by atoms with Crippen LogP contribution in [0.4, 0.5) is 0 Å². The number of nitrogens with zero attached hydrogens (tertiary/aromatic N) is 1. The molecule has 2 N–H and O–H groups in total. The van der Waals surface area contributed by atoms with E-state index in [0.717, 1.165) is 37.6 Å². The highest BCUT2D eigenvalue weighted by atomic mass is 16.7. The topological polar surface area (TPSA) is 47.7 Å². The van der Waals surface area contributed by atoms with E-state index in [1.165, 1.54) is 5.56 Å². The van der Waals surface area contributed by atoms with Crippen molar-refractivity contribution in [3.05, 3.63) is 23.8 Å². The smallest absolute Gasteiger partial charge is 0.231 e. The van der Waals surface area contributed by atoms with Crippen LogP contribution < -0.4 is 15.2 Å². The zero-order valence-electron chi connectivity index (χ0n) is 10.8. The number of benzene rings is 1. The highest BCUT2D eigenvalue weighted by molar-refractivity contribution is 5.50. The lowest BCUT2D eigenvalue weighted by Crippen LogP contribution is -2.40. The molecule has 1 saturated heterocycles. The first-order valence-electron chi connectivity index (χ1n) is 6.56. The maximum Gasteiger partial charge on any atom is 0.231 e. The van der Waals surface area contributed by atoms with Gasteiger partial charge in [-0.25, -0.2) is 0 Å². The van der Waals surface area contributed by atoms with Gasteiger partial charge in [0.1, 0.15) is 0 Å². The molecule has 3 rings (SSSR count). The molecular weight excluding hydrogens is 228 g/mol. The summed E-state index contributed by atoms with van der Waals surface area (Å²) in [4.78, 5) is 2.36. The van der Waals surface area contributed by atoms with Gasteiger partial charge in [0.2, 0.25) is 6.79 Å². The van der Waals surface area contributed by atoms with Gasteiger partial charge in [-0.3, -0.25) is 0 Å². The van der Waals surface area contributed by atoms with Gasteiger partial charge < -0.3 is 20.1 Å². The molecule has 2 heterocycles. The van der Waals surface area contributed by atoms with Crippen LogP contribution in [-0.2, 0) is 0 Å². The molecule has 1 aromatic carbocycles. The minimum Gasteiger partial charge on any atom is -0.454 e. The molecule has 0 bridgehead atoms. The van der Waals surface area contributed by atoms with E-state index in [-0.39, 0.29) is 0 Å². The maximum atomic E-state index is 5.94. The molecule has 1 aromatic rings. The standard InChI is InChI=1S/C14H20N2O2/c1-16-6-5-11(10(7-15)8-16)12-3-2-4-13-14(12)18-9-17-13/h2-4,10-11H,5-9,15H2,1H3. The maximum absolute atomic E-state index is 5.94. The number of nitrogens with two attached hydrogens (primary N) is 1. The van der Waals surface area contributed by atoms with Crippen LogP contribution in [0, 0.1) is 5.92 Å². The average molecular weight is 248 g/mol. The summed E-state index contributed by atoms with van der Waals surface area (Å²) in [5, 5.41) is 0. The van der Waals surface area contributed by atoms with E-state index in [1.54, 1.807) is 0 Å². The molecule has 4 nitrogen and oxygen atoms in total. The number of ether oxygens (including phenoxy) is 2. The lowest BCUT2D eigenvalue weighted by molar-refractivity contribution is 0.166. The fourth-order valence-corrected chi connectivity index (χ4v) is 3.11. The van der Waals surface area contributed by atoms with Crippen molar-refractivity contribution in [2.75, 3.05) is 33.5 Å². The fourth-order valence-electron chi connectivity index (χ4n) is 3.11. The second-order valence-corrected chi connectivity index (χ2v) is 5.23. The summed E-state index contributed by atoms with van der Waals surface area (Å²) in [5.41, 5.74) is 7.21. The Hall–Kier alpha value is -1.26. The summed E-state index contributed by atoms with van der Waals surface area (Å²) in [7, 11) is 2.16. The molecule has 0 spiro atoms. The van der Waals surface area contributed by atoms with Crippen LogP contribution in [0.5, 0.6) is 11.5 Å². The summed E-state index contributed by atoms with van der Waals surface area (Å²) in [5.74, 6) is 2.80. The van der Waals surface area contributed by atoms with Crippen molar-refractivity contribution in [2.24, 2.45) is 11.7 Å². The van der Waals surface area contributed by atoms with Crippen molar-refractivity contribution in [1.29, 1.82) is 0 Å². The van der Waals surface area contributed by atoms with Gasteiger partial charge in [-0.2, -0.15) is 0 Å². The summed E-state index contributed by atoms with van der Waals surface area (Å²) < 4.78 is 11.1. The Morgan fingerprint density at radius 3 is 3.11 bits per heavy atom. The number of rotatable bonds is 2. The van der Waals surface area contributed by atoms with Crippen molar-refractivity contribution < 1.29 is 9.47 Å². The van der Waals surface area contributed by atoms with Crippen LogP contribution in [0.2, 0.25) is 0 Å². The van der Waals surface area contributed by atoms with Gasteiger partial charge in [0.15, 0.2) is 11.5 Å². The van der Waals surface area contributed by atoms with Gasteiger partial charge in [-0.05, 0) is 44.5 Å². The zero-order valence-corrected chi connectivity index (χ0v) is 10.8. The van der Waals surface area contributed by atoms with Crippen molar-refractivity contribution in [3.8, 4) is 11.5 Å². The van der Waals surface area contributed by atoms with E-state index in [2.05, 4.69) is 24.1 Å². The Balaban J connectivity index is 1.92. The molecule has 98 valence electrons. The molecule has 2 atom stereocenters. The van der Waals surface area contributed by atoms with Gasteiger partial charge in [-0.15, -0.1) is 0 Å². The largest absolute Gasteiger partial charge is 0.454 e. The van der Waals surface area contributed by atoms with E-state index < -0.39 is 0 Å². The van der Waals surface area contributed by atoms with Crippen LogP contribution >= 0.6 is 0 Å². The summed E-state index contributed by atoms with van der Waals surface area (Å²) in [6.45, 7) is 3.24. The molecule has 1 fully saturated rings. The summed E-state index contributed by atoms with van der Waals surface area (Å²) in [6.07, 6.45) is 1.14. The Morgan fingerprint density at radius 2 is 2.28 bits per heavy atom. The van der Waals surface area contributed by atoms with Gasteiger partial charge in [0.05, 0.1) is 0 Å². The molecule has 2 unspecified atom stereocenters. The third kappa shape index (κ3) is 1.95. The van der Waals surface area contributed by atoms with Crippen molar-refractivity contribution >= 4 is 0 Å². The predicted molar refractivity (Wildman–Crippen MR) is 70.0 cm³/mol. The van der Waals surface area contributed by atoms with E-state index >= 15 is 0 Å². The predicted octanol–water partition coefficient (Wildman–Crippen LogP) is 1.41. The Kier molecular flexibility index (Phi) is 3.14. The number of hydrogen-bond acceptors (Lipinski definition) is 4. The minimum atomic E-state index is 0.340. The Morgan fingerprint density at radius 1 is 1.39 bits per heavy atom. The quantitative estimate of drug-likeness (QED) is 0.859. The van der Waals surface area contributed by atoms with Gasteiger partial charge in [0, 0.05) is 12.1 Å². The average Bonchev–Trinajstić information content (AvgIpc) is 2.86. The monoisotopic (exact) mass is 248 g/mol. The van der Waals surface area contributed by atoms with Crippen molar-refractivity contribution in [1.82, 2.24) is 4.90 Å². The normalized spacial score (nSPS) is 27.4. The number of piperidine rings is 1. The van der Waals surface area contributed by atoms with Gasteiger partial charge in [0.25, 0.3) is 0 Å². The Labute approximate surface area is 108 Å². The molecule has 4 heteroatoms. The van der Waals surface area contributed by atoms with E-state index in [1.807, 2.05) is 6.07 Å². The van der Waals surface area contributed by atoms with E-state index in [4.69, 9.17) is 15.2 Å². The number of para-hydroxylation sites is 1. The van der Waals surface area contributed by atoms with Crippen LogP contribution in [0.1, 0.15) is 17.9 Å². The lowest BCUT2D eigenvalue weighted by atomic mass is 9.80. The number of likely N-dealkylation sites (tertiary alicyclic amines) is 1. The first kappa shape index (κ1) is 11.8. The van der Waals surface area contributed by atoms with Crippen LogP contribution in [0.25, 0.3) is 0 Å². The molecule has 2 aliphatic rings. The second-order valence-electron chi connectivity index (χ2n) is 5.23. The summed E-state index contributed by atoms with van der Waals surface area (Å²) >= 11 is 0.